The standard InChI is InChI=1S/C9H12F2N4O.2ClH/c10-9(11)3-6(15-5-9)8(16)14-4-7-12-1-2-13-7;;/h1-2,6,15H,3-5H2,(H,12,13)(H,14,16);2*1H. The van der Waals surface area contributed by atoms with Crippen molar-refractivity contribution < 1.29 is 13.6 Å². The van der Waals surface area contributed by atoms with Crippen molar-refractivity contribution >= 4 is 30.7 Å². The monoisotopic (exact) mass is 302 g/mol. The minimum atomic E-state index is -2.79. The molecule has 2 heterocycles. The Morgan fingerprint density at radius 3 is 2.78 bits per heavy atom. The number of nitrogens with zero attached hydrogens (tertiary/aromatic N) is 1. The van der Waals surface area contributed by atoms with E-state index in [2.05, 4.69) is 20.6 Å². The van der Waals surface area contributed by atoms with E-state index in [1.807, 2.05) is 0 Å². The number of hydrogen-bond donors (Lipinski definition) is 3. The second kappa shape index (κ2) is 6.86. The lowest BCUT2D eigenvalue weighted by molar-refractivity contribution is -0.123. The molecule has 0 saturated carbocycles. The Kier molecular flexibility index (Phi) is 6.51. The van der Waals surface area contributed by atoms with Crippen LogP contribution in [0.3, 0.4) is 0 Å². The van der Waals surface area contributed by atoms with E-state index in [0.29, 0.717) is 5.82 Å². The first-order chi connectivity index (χ1) is 7.57. The number of amides is 1. The number of H-pyrrole nitrogens is 1. The fourth-order valence-electron chi connectivity index (χ4n) is 1.59. The van der Waals surface area contributed by atoms with E-state index in [-0.39, 0.29) is 31.4 Å². The summed E-state index contributed by atoms with van der Waals surface area (Å²) in [6, 6.07) is -0.815. The summed E-state index contributed by atoms with van der Waals surface area (Å²) < 4.78 is 25.6. The molecule has 1 unspecified atom stereocenters. The fraction of sp³-hybridized carbons (Fsp3) is 0.556. The molecule has 0 aliphatic carbocycles. The van der Waals surface area contributed by atoms with Gasteiger partial charge in [0.15, 0.2) is 0 Å². The molecule has 0 aromatic carbocycles. The number of rotatable bonds is 3. The molecule has 0 spiro atoms. The summed E-state index contributed by atoms with van der Waals surface area (Å²) in [5.74, 6) is -2.61. The Hall–Kier alpha value is -0.920. The number of nitrogens with one attached hydrogen (secondary N) is 3. The van der Waals surface area contributed by atoms with Gasteiger partial charge in [-0.2, -0.15) is 0 Å². The molecule has 1 atom stereocenters. The Morgan fingerprint density at radius 1 is 1.56 bits per heavy atom. The van der Waals surface area contributed by atoms with Gasteiger partial charge in [0.2, 0.25) is 5.91 Å². The van der Waals surface area contributed by atoms with Gasteiger partial charge in [0.05, 0.1) is 19.1 Å². The third-order valence-electron chi connectivity index (χ3n) is 2.41. The van der Waals surface area contributed by atoms with Gasteiger partial charge in [0.25, 0.3) is 5.92 Å². The van der Waals surface area contributed by atoms with Crippen molar-refractivity contribution in [3.63, 3.8) is 0 Å². The zero-order valence-electron chi connectivity index (χ0n) is 9.28. The van der Waals surface area contributed by atoms with E-state index in [9.17, 15) is 13.6 Å². The highest BCUT2D eigenvalue weighted by atomic mass is 35.5. The van der Waals surface area contributed by atoms with Crippen molar-refractivity contribution in [2.24, 2.45) is 0 Å². The van der Waals surface area contributed by atoms with Crippen molar-refractivity contribution in [3.8, 4) is 0 Å². The Bertz CT molecular complexity index is 375. The molecule has 1 amide bonds. The molecule has 1 saturated heterocycles. The first kappa shape index (κ1) is 17.1. The van der Waals surface area contributed by atoms with Crippen LogP contribution >= 0.6 is 24.8 Å². The van der Waals surface area contributed by atoms with E-state index >= 15 is 0 Å². The van der Waals surface area contributed by atoms with Crippen LogP contribution in [0.2, 0.25) is 0 Å². The van der Waals surface area contributed by atoms with Crippen LogP contribution in [-0.4, -0.2) is 34.4 Å². The molecular weight excluding hydrogens is 289 g/mol. The number of hydrogen-bond acceptors (Lipinski definition) is 3. The Balaban J connectivity index is 0.00000144. The highest BCUT2D eigenvalue weighted by molar-refractivity contribution is 5.85. The number of carbonyl (C=O) groups is 1. The molecular formula is C9H14Cl2F2N4O. The average molecular weight is 303 g/mol. The smallest absolute Gasteiger partial charge is 0.262 e. The molecule has 9 heteroatoms. The van der Waals surface area contributed by atoms with E-state index in [4.69, 9.17) is 0 Å². The van der Waals surface area contributed by atoms with E-state index < -0.39 is 30.8 Å². The molecule has 104 valence electrons. The summed E-state index contributed by atoms with van der Waals surface area (Å²) in [5, 5.41) is 5.02. The van der Waals surface area contributed by atoms with Gasteiger partial charge in [-0.3, -0.25) is 10.1 Å². The number of aromatic nitrogens is 2. The summed E-state index contributed by atoms with van der Waals surface area (Å²) in [6.45, 7) is -0.221. The maximum absolute atomic E-state index is 12.8. The van der Waals surface area contributed by atoms with E-state index in [1.54, 1.807) is 12.4 Å². The minimum Gasteiger partial charge on any atom is -0.348 e. The lowest BCUT2D eigenvalue weighted by Crippen LogP contribution is -2.40. The number of imidazole rings is 1. The lowest BCUT2D eigenvalue weighted by atomic mass is 10.2. The van der Waals surface area contributed by atoms with E-state index in [0.717, 1.165) is 0 Å². The second-order valence-corrected chi connectivity index (χ2v) is 3.75. The molecule has 0 bridgehead atoms. The molecule has 3 N–H and O–H groups in total. The van der Waals surface area contributed by atoms with Crippen molar-refractivity contribution in [1.29, 1.82) is 0 Å². The maximum Gasteiger partial charge on any atom is 0.262 e. The van der Waals surface area contributed by atoms with Crippen LogP contribution < -0.4 is 10.6 Å². The molecule has 1 aromatic rings. The molecule has 2 rings (SSSR count). The summed E-state index contributed by atoms with van der Waals surface area (Å²) in [7, 11) is 0. The number of alkyl halides is 2. The molecule has 5 nitrogen and oxygen atoms in total. The lowest BCUT2D eigenvalue weighted by Gasteiger charge is -2.10. The first-order valence-electron chi connectivity index (χ1n) is 4.94. The quantitative estimate of drug-likeness (QED) is 0.776. The van der Waals surface area contributed by atoms with Crippen LogP contribution in [0.1, 0.15) is 12.2 Å². The zero-order valence-corrected chi connectivity index (χ0v) is 10.9. The van der Waals surface area contributed by atoms with Gasteiger partial charge < -0.3 is 10.3 Å². The Labute approximate surface area is 115 Å². The SMILES string of the molecule is Cl.Cl.O=C(NCc1ncc[nH]1)C1CC(F)(F)CN1. The number of halogens is 4. The number of aromatic amines is 1. The predicted octanol–water partition coefficient (Wildman–Crippen LogP) is 0.867. The third-order valence-corrected chi connectivity index (χ3v) is 2.41. The van der Waals surface area contributed by atoms with Gasteiger partial charge in [-0.15, -0.1) is 24.8 Å². The molecule has 0 radical (unpaired) electrons. The van der Waals surface area contributed by atoms with Crippen LogP contribution in [0.25, 0.3) is 0 Å². The predicted molar refractivity (Wildman–Crippen MR) is 66.3 cm³/mol. The molecule has 1 fully saturated rings. The van der Waals surface area contributed by atoms with Crippen LogP contribution in [0.4, 0.5) is 8.78 Å². The zero-order chi connectivity index (χ0) is 11.6. The molecule has 1 aliphatic heterocycles. The van der Waals surface area contributed by atoms with Crippen LogP contribution in [0.15, 0.2) is 12.4 Å². The van der Waals surface area contributed by atoms with Gasteiger partial charge in [-0.1, -0.05) is 0 Å². The topological polar surface area (TPSA) is 69.8 Å². The molecule has 18 heavy (non-hydrogen) atoms. The van der Waals surface area contributed by atoms with Gasteiger partial charge in [-0.25, -0.2) is 13.8 Å². The second-order valence-electron chi connectivity index (χ2n) is 3.75. The van der Waals surface area contributed by atoms with Gasteiger partial charge in [-0.05, 0) is 0 Å². The number of carbonyl (C=O) groups excluding carboxylic acids is 1. The minimum absolute atomic E-state index is 0. The summed E-state index contributed by atoms with van der Waals surface area (Å²) in [5.41, 5.74) is 0. The van der Waals surface area contributed by atoms with E-state index in [1.165, 1.54) is 0 Å². The normalized spacial score (nSPS) is 20.7. The van der Waals surface area contributed by atoms with Crippen LogP contribution in [0, 0.1) is 0 Å². The largest absolute Gasteiger partial charge is 0.348 e. The molecule has 1 aliphatic rings. The first-order valence-corrected chi connectivity index (χ1v) is 4.94. The summed E-state index contributed by atoms with van der Waals surface area (Å²) in [4.78, 5) is 18.2. The van der Waals surface area contributed by atoms with Crippen molar-refractivity contribution in [3.05, 3.63) is 18.2 Å². The highest BCUT2D eigenvalue weighted by Gasteiger charge is 2.42. The summed E-state index contributed by atoms with van der Waals surface area (Å²) in [6.07, 6.45) is 2.74. The van der Waals surface area contributed by atoms with Crippen molar-refractivity contribution in [2.45, 2.75) is 24.9 Å². The third kappa shape index (κ3) is 4.40. The van der Waals surface area contributed by atoms with Crippen LogP contribution in [-0.2, 0) is 11.3 Å². The van der Waals surface area contributed by atoms with Crippen molar-refractivity contribution in [2.75, 3.05) is 6.54 Å². The maximum atomic E-state index is 12.8. The average Bonchev–Trinajstić information content (AvgIpc) is 2.83. The van der Waals surface area contributed by atoms with Gasteiger partial charge in [0.1, 0.15) is 5.82 Å². The van der Waals surface area contributed by atoms with Crippen LogP contribution in [0.5, 0.6) is 0 Å². The van der Waals surface area contributed by atoms with Gasteiger partial charge >= 0.3 is 0 Å². The highest BCUT2D eigenvalue weighted by Crippen LogP contribution is 2.24. The summed E-state index contributed by atoms with van der Waals surface area (Å²) >= 11 is 0. The fourth-order valence-corrected chi connectivity index (χ4v) is 1.59. The van der Waals surface area contributed by atoms with Gasteiger partial charge in [0, 0.05) is 18.8 Å². The molecule has 1 aromatic heterocycles. The van der Waals surface area contributed by atoms with Crippen molar-refractivity contribution in [1.82, 2.24) is 20.6 Å². The Morgan fingerprint density at radius 2 is 2.28 bits per heavy atom.